The van der Waals surface area contributed by atoms with Crippen molar-refractivity contribution in [1.29, 1.82) is 0 Å². The molecule has 102 valence electrons. The zero-order valence-corrected chi connectivity index (χ0v) is 11.3. The van der Waals surface area contributed by atoms with E-state index in [9.17, 15) is 9.90 Å². The fourth-order valence-corrected chi connectivity index (χ4v) is 3.22. The molecular formula is C17H16O3. The van der Waals surface area contributed by atoms with Gasteiger partial charge in [-0.05, 0) is 30.0 Å². The van der Waals surface area contributed by atoms with Crippen LogP contribution in [-0.4, -0.2) is 18.2 Å². The number of ether oxygens (including phenoxy) is 1. The molecule has 0 aromatic heterocycles. The van der Waals surface area contributed by atoms with Crippen LogP contribution in [0, 0.1) is 0 Å². The lowest BCUT2D eigenvalue weighted by molar-refractivity contribution is -0.145. The molecule has 0 saturated carbocycles. The van der Waals surface area contributed by atoms with Gasteiger partial charge >= 0.3 is 5.97 Å². The standard InChI is InChI=1S/C17H16O3/c1-20-16(19)17(14-8-4-5-9-15(14)18)11-10-12-6-2-3-7-13(12)17/h2-9,18H,10-11H2,1H3. The Hall–Kier alpha value is -2.29. The Morgan fingerprint density at radius 1 is 1.10 bits per heavy atom. The van der Waals surface area contributed by atoms with Crippen molar-refractivity contribution in [2.75, 3.05) is 7.11 Å². The molecule has 0 bridgehead atoms. The number of benzene rings is 2. The van der Waals surface area contributed by atoms with Gasteiger partial charge in [0.15, 0.2) is 0 Å². The Kier molecular flexibility index (Phi) is 2.97. The molecule has 1 unspecified atom stereocenters. The summed E-state index contributed by atoms with van der Waals surface area (Å²) in [4.78, 5) is 12.5. The molecule has 1 atom stereocenters. The molecule has 3 heteroatoms. The maximum Gasteiger partial charge on any atom is 0.320 e. The van der Waals surface area contributed by atoms with E-state index in [1.165, 1.54) is 7.11 Å². The number of hydrogen-bond donors (Lipinski definition) is 1. The summed E-state index contributed by atoms with van der Waals surface area (Å²) in [6.45, 7) is 0. The van der Waals surface area contributed by atoms with E-state index in [1.807, 2.05) is 30.3 Å². The minimum Gasteiger partial charge on any atom is -0.508 e. The first-order chi connectivity index (χ1) is 9.70. The van der Waals surface area contributed by atoms with Crippen LogP contribution in [0.1, 0.15) is 23.1 Å². The topological polar surface area (TPSA) is 46.5 Å². The van der Waals surface area contributed by atoms with Crippen LogP contribution in [0.4, 0.5) is 0 Å². The Bertz CT molecular complexity index is 663. The average Bonchev–Trinajstić information content (AvgIpc) is 2.87. The van der Waals surface area contributed by atoms with Crippen molar-refractivity contribution in [1.82, 2.24) is 0 Å². The van der Waals surface area contributed by atoms with Gasteiger partial charge in [-0.2, -0.15) is 0 Å². The maximum atomic E-state index is 12.5. The van der Waals surface area contributed by atoms with Gasteiger partial charge in [-0.15, -0.1) is 0 Å². The van der Waals surface area contributed by atoms with E-state index in [-0.39, 0.29) is 11.7 Å². The molecule has 1 aliphatic carbocycles. The normalized spacial score (nSPS) is 20.4. The molecule has 0 spiro atoms. The number of esters is 1. The molecule has 1 N–H and O–H groups in total. The van der Waals surface area contributed by atoms with Crippen LogP contribution in [0.3, 0.4) is 0 Å². The van der Waals surface area contributed by atoms with Crippen molar-refractivity contribution in [2.24, 2.45) is 0 Å². The van der Waals surface area contributed by atoms with Gasteiger partial charge < -0.3 is 9.84 Å². The number of carbonyl (C=O) groups excluding carboxylic acids is 1. The van der Waals surface area contributed by atoms with Crippen molar-refractivity contribution >= 4 is 5.97 Å². The molecule has 0 aliphatic heterocycles. The predicted octanol–water partition coefficient (Wildman–Crippen LogP) is 2.80. The summed E-state index contributed by atoms with van der Waals surface area (Å²) in [5, 5.41) is 10.2. The Morgan fingerprint density at radius 2 is 1.75 bits per heavy atom. The predicted molar refractivity (Wildman–Crippen MR) is 75.7 cm³/mol. The third-order valence-electron chi connectivity index (χ3n) is 4.14. The van der Waals surface area contributed by atoms with Crippen molar-refractivity contribution < 1.29 is 14.6 Å². The van der Waals surface area contributed by atoms with Gasteiger partial charge in [0.2, 0.25) is 0 Å². The van der Waals surface area contributed by atoms with Crippen LogP contribution in [0.15, 0.2) is 48.5 Å². The fourth-order valence-electron chi connectivity index (χ4n) is 3.22. The number of fused-ring (bicyclic) bond motifs is 1. The highest BCUT2D eigenvalue weighted by Crippen LogP contribution is 2.47. The lowest BCUT2D eigenvalue weighted by atomic mass is 9.75. The lowest BCUT2D eigenvalue weighted by Crippen LogP contribution is -2.36. The minimum atomic E-state index is -0.892. The number of aromatic hydroxyl groups is 1. The zero-order valence-electron chi connectivity index (χ0n) is 11.3. The second-order valence-corrected chi connectivity index (χ2v) is 5.07. The molecule has 20 heavy (non-hydrogen) atoms. The fraction of sp³-hybridized carbons (Fsp3) is 0.235. The lowest BCUT2D eigenvalue weighted by Gasteiger charge is -2.28. The number of para-hydroxylation sites is 1. The van der Waals surface area contributed by atoms with E-state index < -0.39 is 5.41 Å². The van der Waals surface area contributed by atoms with Crippen LogP contribution in [0.5, 0.6) is 5.75 Å². The number of aryl methyl sites for hydroxylation is 1. The van der Waals surface area contributed by atoms with Gasteiger partial charge in [-0.25, -0.2) is 0 Å². The molecule has 0 heterocycles. The van der Waals surface area contributed by atoms with E-state index in [1.54, 1.807) is 18.2 Å². The number of methoxy groups -OCH3 is 1. The number of phenols is 1. The summed E-state index contributed by atoms with van der Waals surface area (Å²) >= 11 is 0. The molecule has 1 aliphatic rings. The molecule has 2 aromatic carbocycles. The van der Waals surface area contributed by atoms with E-state index in [0.717, 1.165) is 17.5 Å². The quantitative estimate of drug-likeness (QED) is 0.852. The minimum absolute atomic E-state index is 0.134. The Labute approximate surface area is 117 Å². The smallest absolute Gasteiger partial charge is 0.320 e. The van der Waals surface area contributed by atoms with Gasteiger partial charge in [-0.3, -0.25) is 4.79 Å². The van der Waals surface area contributed by atoms with Crippen molar-refractivity contribution in [2.45, 2.75) is 18.3 Å². The van der Waals surface area contributed by atoms with Crippen LogP contribution < -0.4 is 0 Å². The van der Waals surface area contributed by atoms with Gasteiger partial charge in [0.25, 0.3) is 0 Å². The molecule has 0 fully saturated rings. The number of carbonyl (C=O) groups is 1. The first kappa shape index (κ1) is 12.7. The molecule has 0 amide bonds. The molecule has 3 rings (SSSR count). The monoisotopic (exact) mass is 268 g/mol. The third kappa shape index (κ3) is 1.63. The molecule has 0 radical (unpaired) electrons. The second kappa shape index (κ2) is 4.67. The SMILES string of the molecule is COC(=O)C1(c2ccccc2O)CCc2ccccc21. The van der Waals surface area contributed by atoms with Crippen molar-refractivity contribution in [3.63, 3.8) is 0 Å². The van der Waals surface area contributed by atoms with E-state index >= 15 is 0 Å². The first-order valence-corrected chi connectivity index (χ1v) is 6.65. The van der Waals surface area contributed by atoms with Crippen LogP contribution >= 0.6 is 0 Å². The van der Waals surface area contributed by atoms with E-state index in [4.69, 9.17) is 4.74 Å². The summed E-state index contributed by atoms with van der Waals surface area (Å²) in [6.07, 6.45) is 1.43. The van der Waals surface area contributed by atoms with Crippen molar-refractivity contribution in [3.05, 3.63) is 65.2 Å². The largest absolute Gasteiger partial charge is 0.508 e. The van der Waals surface area contributed by atoms with Gasteiger partial charge in [0.05, 0.1) is 7.11 Å². The first-order valence-electron chi connectivity index (χ1n) is 6.65. The second-order valence-electron chi connectivity index (χ2n) is 5.07. The summed E-state index contributed by atoms with van der Waals surface area (Å²) in [5.74, 6) is -0.182. The number of hydrogen-bond acceptors (Lipinski definition) is 3. The Morgan fingerprint density at radius 3 is 2.45 bits per heavy atom. The van der Waals surface area contributed by atoms with Crippen LogP contribution in [-0.2, 0) is 21.4 Å². The molecule has 2 aromatic rings. The zero-order chi connectivity index (χ0) is 14.2. The summed E-state index contributed by atoms with van der Waals surface area (Å²) in [7, 11) is 1.39. The number of phenolic OH excluding ortho intramolecular Hbond substituents is 1. The van der Waals surface area contributed by atoms with Gasteiger partial charge in [0, 0.05) is 5.56 Å². The van der Waals surface area contributed by atoms with Crippen LogP contribution in [0.2, 0.25) is 0 Å². The van der Waals surface area contributed by atoms with E-state index in [2.05, 4.69) is 0 Å². The molecule has 3 nitrogen and oxygen atoms in total. The average molecular weight is 268 g/mol. The molecular weight excluding hydrogens is 252 g/mol. The summed E-state index contributed by atoms with van der Waals surface area (Å²) in [6, 6.07) is 14.9. The number of rotatable bonds is 2. The maximum absolute atomic E-state index is 12.5. The summed E-state index contributed by atoms with van der Waals surface area (Å²) in [5.41, 5.74) is 1.81. The highest BCUT2D eigenvalue weighted by molar-refractivity contribution is 5.90. The Balaban J connectivity index is 2.28. The van der Waals surface area contributed by atoms with Gasteiger partial charge in [0.1, 0.15) is 11.2 Å². The van der Waals surface area contributed by atoms with Crippen LogP contribution in [0.25, 0.3) is 0 Å². The highest BCUT2D eigenvalue weighted by atomic mass is 16.5. The molecule has 0 saturated heterocycles. The summed E-state index contributed by atoms with van der Waals surface area (Å²) < 4.78 is 5.05. The highest BCUT2D eigenvalue weighted by Gasteiger charge is 2.49. The van der Waals surface area contributed by atoms with E-state index in [0.29, 0.717) is 12.0 Å². The third-order valence-corrected chi connectivity index (χ3v) is 4.14. The van der Waals surface area contributed by atoms with Gasteiger partial charge in [-0.1, -0.05) is 42.5 Å². The van der Waals surface area contributed by atoms with Crippen molar-refractivity contribution in [3.8, 4) is 5.75 Å².